The normalized spacial score (nSPS) is 13.7. The Morgan fingerprint density at radius 1 is 0.618 bits per heavy atom. The number of fused-ring (bicyclic) bond motifs is 8. The fourth-order valence-electron chi connectivity index (χ4n) is 8.31. The summed E-state index contributed by atoms with van der Waals surface area (Å²) in [6.45, 7) is 6.19. The summed E-state index contributed by atoms with van der Waals surface area (Å²) in [6.07, 6.45) is 15.1. The highest BCUT2D eigenvalue weighted by molar-refractivity contribution is 6.26. The van der Waals surface area contributed by atoms with E-state index in [-0.39, 0.29) is 0 Å². The summed E-state index contributed by atoms with van der Waals surface area (Å²) in [6, 6.07) is 52.8. The van der Waals surface area contributed by atoms with E-state index in [1.807, 2.05) is 13.8 Å². The number of pyridine rings is 1. The number of para-hydroxylation sites is 3. The van der Waals surface area contributed by atoms with Gasteiger partial charge in [-0.3, -0.25) is 0 Å². The van der Waals surface area contributed by atoms with Gasteiger partial charge in [0.2, 0.25) is 0 Å². The predicted molar refractivity (Wildman–Crippen MR) is 236 cm³/mol. The van der Waals surface area contributed by atoms with E-state index in [0.29, 0.717) is 0 Å². The molecule has 3 heteroatoms. The molecule has 0 atom stereocenters. The standard InChI is InChI=1S/C50H37N3.C2H6/c1-2-3-23-39(35-17-6-4-7-18-35)44-32-37(33-45(51-44)40-27-16-20-34-19-10-11-24-38(34)40)53-46-28-14-12-25-41(46)42-30-31-48-49(50(42)53)43-26-13-15-29-47(43)52(48)36-21-8-5-9-22-36;1-2/h3-17,19-33H,2,18H2,1H3;1-2H3/b23-3-,39-35+;. The van der Waals surface area contributed by atoms with Crippen LogP contribution >= 0.6 is 0 Å². The van der Waals surface area contributed by atoms with E-state index in [1.165, 1.54) is 60.0 Å². The first kappa shape index (κ1) is 34.1. The smallest absolute Gasteiger partial charge is 0.0736 e. The van der Waals surface area contributed by atoms with Gasteiger partial charge in [-0.1, -0.05) is 160 Å². The van der Waals surface area contributed by atoms with Gasteiger partial charge in [0.15, 0.2) is 0 Å². The molecule has 0 bridgehead atoms. The Kier molecular flexibility index (Phi) is 9.05. The Labute approximate surface area is 322 Å². The molecule has 0 spiro atoms. The summed E-state index contributed by atoms with van der Waals surface area (Å²) in [4.78, 5) is 5.52. The average molecular weight is 710 g/mol. The molecule has 0 amide bonds. The van der Waals surface area contributed by atoms with Gasteiger partial charge in [0, 0.05) is 38.4 Å². The molecule has 6 aromatic carbocycles. The van der Waals surface area contributed by atoms with Gasteiger partial charge in [0.1, 0.15) is 0 Å². The molecule has 55 heavy (non-hydrogen) atoms. The molecular formula is C52H43N3. The first-order chi connectivity index (χ1) is 27.3. The molecular weight excluding hydrogens is 667 g/mol. The highest BCUT2D eigenvalue weighted by Gasteiger charge is 2.22. The minimum Gasteiger partial charge on any atom is -0.309 e. The molecule has 3 aromatic heterocycles. The monoisotopic (exact) mass is 709 g/mol. The molecule has 1 aliphatic carbocycles. The number of rotatable bonds is 6. The van der Waals surface area contributed by atoms with Crippen LogP contribution in [0.3, 0.4) is 0 Å². The number of allylic oxidation sites excluding steroid dienone is 8. The molecule has 0 N–H and O–H groups in total. The summed E-state index contributed by atoms with van der Waals surface area (Å²) in [5.41, 5.74) is 12.5. The van der Waals surface area contributed by atoms with E-state index in [9.17, 15) is 0 Å². The van der Waals surface area contributed by atoms with Gasteiger partial charge in [-0.15, -0.1) is 0 Å². The average Bonchev–Trinajstić information content (AvgIpc) is 3.78. The zero-order valence-corrected chi connectivity index (χ0v) is 31.6. The van der Waals surface area contributed by atoms with Crippen molar-refractivity contribution in [2.45, 2.75) is 33.6 Å². The Balaban J connectivity index is 0.00000195. The lowest BCUT2D eigenvalue weighted by Gasteiger charge is -2.17. The maximum Gasteiger partial charge on any atom is 0.0736 e. The molecule has 1 aliphatic rings. The second-order valence-electron chi connectivity index (χ2n) is 13.8. The molecule has 10 rings (SSSR count). The van der Waals surface area contributed by atoms with Gasteiger partial charge in [-0.25, -0.2) is 4.98 Å². The van der Waals surface area contributed by atoms with Crippen molar-refractivity contribution >= 4 is 60.0 Å². The summed E-state index contributed by atoms with van der Waals surface area (Å²) >= 11 is 0. The SMILES string of the molecule is CC.CC/C=C\C(=C1\C=CC=CC1)c1cc(-n2c3ccccc3c3ccc4c(c5ccccc5n4-c4ccccc4)c32)cc(-c2cccc3ccccc23)n1. The molecule has 0 aliphatic heterocycles. The number of nitrogens with zero attached hydrogens (tertiary/aromatic N) is 3. The molecule has 3 heterocycles. The van der Waals surface area contributed by atoms with Crippen molar-refractivity contribution in [3.8, 4) is 22.6 Å². The highest BCUT2D eigenvalue weighted by Crippen LogP contribution is 2.43. The summed E-state index contributed by atoms with van der Waals surface area (Å²) in [5, 5.41) is 7.34. The molecule has 0 saturated heterocycles. The summed E-state index contributed by atoms with van der Waals surface area (Å²) in [5.74, 6) is 0. The van der Waals surface area contributed by atoms with Crippen LogP contribution in [0, 0.1) is 0 Å². The fourth-order valence-corrected chi connectivity index (χ4v) is 8.31. The van der Waals surface area contributed by atoms with E-state index >= 15 is 0 Å². The number of hydrogen-bond donors (Lipinski definition) is 0. The van der Waals surface area contributed by atoms with Crippen LogP contribution in [0.15, 0.2) is 188 Å². The zero-order chi connectivity index (χ0) is 37.3. The zero-order valence-electron chi connectivity index (χ0n) is 31.6. The van der Waals surface area contributed by atoms with Crippen molar-refractivity contribution < 1.29 is 0 Å². The minimum atomic E-state index is 0.865. The van der Waals surface area contributed by atoms with Crippen LogP contribution in [-0.4, -0.2) is 14.1 Å². The first-order valence-electron chi connectivity index (χ1n) is 19.5. The molecule has 0 radical (unpaired) electrons. The highest BCUT2D eigenvalue weighted by atomic mass is 15.0. The predicted octanol–water partition coefficient (Wildman–Crippen LogP) is 14.4. The Morgan fingerprint density at radius 2 is 1.33 bits per heavy atom. The van der Waals surface area contributed by atoms with Crippen LogP contribution < -0.4 is 0 Å². The third-order valence-electron chi connectivity index (χ3n) is 10.6. The van der Waals surface area contributed by atoms with Gasteiger partial charge in [0.25, 0.3) is 0 Å². The lowest BCUT2D eigenvalue weighted by atomic mass is 9.96. The lowest BCUT2D eigenvalue weighted by Crippen LogP contribution is -2.01. The molecule has 0 unspecified atom stereocenters. The third kappa shape index (κ3) is 5.80. The quantitative estimate of drug-likeness (QED) is 0.169. The van der Waals surface area contributed by atoms with Crippen molar-refractivity contribution in [3.63, 3.8) is 0 Å². The maximum absolute atomic E-state index is 5.52. The topological polar surface area (TPSA) is 22.8 Å². The van der Waals surface area contributed by atoms with Gasteiger partial charge < -0.3 is 9.13 Å². The molecule has 9 aromatic rings. The third-order valence-corrected chi connectivity index (χ3v) is 10.6. The van der Waals surface area contributed by atoms with Crippen molar-refractivity contribution in [2.24, 2.45) is 0 Å². The van der Waals surface area contributed by atoms with Crippen molar-refractivity contribution in [1.82, 2.24) is 14.1 Å². The van der Waals surface area contributed by atoms with Crippen LogP contribution in [0.1, 0.15) is 39.3 Å². The number of hydrogen-bond acceptors (Lipinski definition) is 1. The fraction of sp³-hybridized carbons (Fsp3) is 0.0962. The molecule has 0 fully saturated rings. The lowest BCUT2D eigenvalue weighted by molar-refractivity contribution is 1.14. The molecule has 0 saturated carbocycles. The Hall–Kier alpha value is -6.71. The van der Waals surface area contributed by atoms with Crippen LogP contribution in [-0.2, 0) is 0 Å². The van der Waals surface area contributed by atoms with E-state index in [0.717, 1.165) is 46.7 Å². The van der Waals surface area contributed by atoms with Crippen LogP contribution in [0.2, 0.25) is 0 Å². The van der Waals surface area contributed by atoms with E-state index in [2.05, 4.69) is 198 Å². The molecule has 266 valence electrons. The van der Waals surface area contributed by atoms with Crippen LogP contribution in [0.25, 0.3) is 82.6 Å². The van der Waals surface area contributed by atoms with E-state index in [1.54, 1.807) is 0 Å². The Morgan fingerprint density at radius 3 is 2.11 bits per heavy atom. The van der Waals surface area contributed by atoms with Gasteiger partial charge in [0.05, 0.1) is 39.1 Å². The second-order valence-corrected chi connectivity index (χ2v) is 13.8. The Bertz CT molecular complexity index is 3000. The van der Waals surface area contributed by atoms with E-state index in [4.69, 9.17) is 4.98 Å². The van der Waals surface area contributed by atoms with Gasteiger partial charge in [-0.2, -0.15) is 0 Å². The molecule has 3 nitrogen and oxygen atoms in total. The van der Waals surface area contributed by atoms with Gasteiger partial charge in [-0.05, 0) is 71.7 Å². The summed E-state index contributed by atoms with van der Waals surface area (Å²) in [7, 11) is 0. The number of benzene rings is 6. The van der Waals surface area contributed by atoms with Gasteiger partial charge >= 0.3 is 0 Å². The van der Waals surface area contributed by atoms with Crippen molar-refractivity contribution in [1.29, 1.82) is 0 Å². The summed E-state index contributed by atoms with van der Waals surface area (Å²) < 4.78 is 4.91. The maximum atomic E-state index is 5.52. The number of aromatic nitrogens is 3. The largest absolute Gasteiger partial charge is 0.309 e. The van der Waals surface area contributed by atoms with E-state index < -0.39 is 0 Å². The van der Waals surface area contributed by atoms with Crippen molar-refractivity contribution in [3.05, 3.63) is 193 Å². The van der Waals surface area contributed by atoms with Crippen LogP contribution in [0.5, 0.6) is 0 Å². The second kappa shape index (κ2) is 14.6. The van der Waals surface area contributed by atoms with Crippen LogP contribution in [0.4, 0.5) is 0 Å². The van der Waals surface area contributed by atoms with Crippen molar-refractivity contribution in [2.75, 3.05) is 0 Å². The minimum absolute atomic E-state index is 0.865. The first-order valence-corrected chi connectivity index (χ1v) is 19.5.